The number of fused-ring (bicyclic) bond motifs is 1. The number of carbonyl (C=O) groups is 3. The fourth-order valence-electron chi connectivity index (χ4n) is 5.51. The van der Waals surface area contributed by atoms with Gasteiger partial charge in [0.15, 0.2) is 22.7 Å². The monoisotopic (exact) mass is 525 g/mol. The van der Waals surface area contributed by atoms with Crippen LogP contribution in [0.2, 0.25) is 10.0 Å². The fourth-order valence-corrected chi connectivity index (χ4v) is 5.98. The van der Waals surface area contributed by atoms with Crippen molar-refractivity contribution in [2.24, 2.45) is 5.41 Å². The van der Waals surface area contributed by atoms with Gasteiger partial charge in [-0.3, -0.25) is 9.59 Å². The van der Waals surface area contributed by atoms with Gasteiger partial charge < -0.3 is 19.8 Å². The third-order valence-electron chi connectivity index (χ3n) is 7.02. The quantitative estimate of drug-likeness (QED) is 0.560. The number of ketones is 2. The number of ether oxygens (including phenoxy) is 1. The molecule has 7 nitrogen and oxygen atoms in total. The topological polar surface area (TPSA) is 104 Å². The second-order valence-electron chi connectivity index (χ2n) is 8.77. The van der Waals surface area contributed by atoms with E-state index in [9.17, 15) is 24.6 Å². The van der Waals surface area contributed by atoms with Gasteiger partial charge in [-0.15, -0.1) is 0 Å². The number of hydrogen-bond acceptors (Lipinski definition) is 7. The van der Waals surface area contributed by atoms with Crippen molar-refractivity contribution in [2.75, 3.05) is 6.61 Å². The molecule has 1 spiro atoms. The van der Waals surface area contributed by atoms with Crippen molar-refractivity contribution in [1.82, 2.24) is 4.90 Å². The molecule has 3 aliphatic rings. The number of hydrogen-bond donors (Lipinski definition) is 2. The first-order valence-electron chi connectivity index (χ1n) is 11.2. The Bertz CT molecular complexity index is 1460. The molecule has 2 unspecified atom stereocenters. The standard InChI is InChI=1S/C27H21Cl2NO6/c1-3-36-25(34)21-14(2)30(13-15-8-9-16(28)12-19(15)29)26(35)11-10-20(31)22-23(32)17-6-4-5-7-18(17)24(33)27(21,22)26/h4-12,32,35H,3,13H2,1-2H3. The number of rotatable bonds is 4. The lowest BCUT2D eigenvalue weighted by Crippen LogP contribution is -2.62. The van der Waals surface area contributed by atoms with Gasteiger partial charge in [-0.05, 0) is 43.7 Å². The summed E-state index contributed by atoms with van der Waals surface area (Å²) in [4.78, 5) is 42.4. The van der Waals surface area contributed by atoms with Gasteiger partial charge in [0.05, 0.1) is 17.8 Å². The summed E-state index contributed by atoms with van der Waals surface area (Å²) in [5.74, 6) is -2.74. The zero-order valence-electron chi connectivity index (χ0n) is 19.3. The van der Waals surface area contributed by atoms with Crippen LogP contribution < -0.4 is 0 Å². The SMILES string of the molecule is CCOC(=O)C1=C(C)N(Cc2ccc(Cl)cc2Cl)C2(O)C=CC(=O)C3=C(O)c4ccccc4C(=O)C312. The maximum absolute atomic E-state index is 14.3. The van der Waals surface area contributed by atoms with Crippen LogP contribution in [-0.4, -0.2) is 45.0 Å². The highest BCUT2D eigenvalue weighted by molar-refractivity contribution is 6.35. The van der Waals surface area contributed by atoms with E-state index in [1.807, 2.05) is 0 Å². The van der Waals surface area contributed by atoms with Gasteiger partial charge in [0.2, 0.25) is 0 Å². The Hall–Kier alpha value is -3.39. The van der Waals surface area contributed by atoms with E-state index in [1.54, 1.807) is 44.2 Å². The lowest BCUT2D eigenvalue weighted by molar-refractivity contribution is -0.142. The molecular weight excluding hydrogens is 505 g/mol. The van der Waals surface area contributed by atoms with E-state index in [0.717, 1.165) is 6.08 Å². The average molecular weight is 526 g/mol. The van der Waals surface area contributed by atoms with E-state index in [2.05, 4.69) is 0 Å². The first-order valence-corrected chi connectivity index (χ1v) is 12.0. The van der Waals surface area contributed by atoms with Gasteiger partial charge in [0.1, 0.15) is 5.76 Å². The van der Waals surface area contributed by atoms with Gasteiger partial charge in [0.25, 0.3) is 0 Å². The molecule has 2 aliphatic carbocycles. The van der Waals surface area contributed by atoms with Crippen molar-refractivity contribution in [3.63, 3.8) is 0 Å². The number of carbonyl (C=O) groups excluding carboxylic acids is 3. The molecule has 0 amide bonds. The van der Waals surface area contributed by atoms with Gasteiger partial charge in [-0.2, -0.15) is 0 Å². The summed E-state index contributed by atoms with van der Waals surface area (Å²) in [6.45, 7) is 3.12. The maximum Gasteiger partial charge on any atom is 0.337 e. The summed E-state index contributed by atoms with van der Waals surface area (Å²) in [5, 5.41) is 24.4. The minimum atomic E-state index is -2.26. The Labute approximate surface area is 216 Å². The van der Waals surface area contributed by atoms with Crippen LogP contribution in [0.3, 0.4) is 0 Å². The van der Waals surface area contributed by atoms with Gasteiger partial charge in [-0.1, -0.05) is 53.5 Å². The molecule has 2 aromatic carbocycles. The van der Waals surface area contributed by atoms with Crippen LogP contribution in [0.25, 0.3) is 5.76 Å². The Balaban J connectivity index is 1.84. The Kier molecular flexibility index (Phi) is 5.63. The lowest BCUT2D eigenvalue weighted by atomic mass is 9.57. The average Bonchev–Trinajstić information content (AvgIpc) is 3.03. The first kappa shape index (κ1) is 24.3. The van der Waals surface area contributed by atoms with Crippen LogP contribution in [0.4, 0.5) is 0 Å². The van der Waals surface area contributed by atoms with Crippen molar-refractivity contribution >= 4 is 46.5 Å². The summed E-state index contributed by atoms with van der Waals surface area (Å²) in [7, 11) is 0. The molecule has 0 radical (unpaired) electrons. The molecule has 184 valence electrons. The smallest absolute Gasteiger partial charge is 0.337 e. The molecule has 1 heterocycles. The van der Waals surface area contributed by atoms with Crippen LogP contribution in [0, 0.1) is 5.41 Å². The van der Waals surface area contributed by atoms with E-state index >= 15 is 0 Å². The molecule has 0 fully saturated rings. The zero-order valence-corrected chi connectivity index (χ0v) is 20.9. The van der Waals surface area contributed by atoms with Crippen LogP contribution in [0.15, 0.2) is 71.5 Å². The largest absolute Gasteiger partial charge is 0.507 e. The fraction of sp³-hybridized carbons (Fsp3) is 0.222. The van der Waals surface area contributed by atoms with E-state index in [1.165, 1.54) is 23.1 Å². The third-order valence-corrected chi connectivity index (χ3v) is 7.61. The molecule has 2 aromatic rings. The normalized spacial score (nSPS) is 24.6. The number of esters is 1. The minimum Gasteiger partial charge on any atom is -0.507 e. The zero-order chi connectivity index (χ0) is 26.0. The molecule has 36 heavy (non-hydrogen) atoms. The third kappa shape index (κ3) is 3.00. The summed E-state index contributed by atoms with van der Waals surface area (Å²) in [6.07, 6.45) is 2.29. The predicted octanol–water partition coefficient (Wildman–Crippen LogP) is 4.63. The summed E-state index contributed by atoms with van der Waals surface area (Å²) < 4.78 is 5.31. The molecule has 9 heteroatoms. The molecule has 0 saturated carbocycles. The summed E-state index contributed by atoms with van der Waals surface area (Å²) >= 11 is 12.5. The molecule has 0 aromatic heterocycles. The van der Waals surface area contributed by atoms with E-state index in [4.69, 9.17) is 27.9 Å². The first-order chi connectivity index (χ1) is 17.1. The van der Waals surface area contributed by atoms with Crippen LogP contribution in [0.5, 0.6) is 0 Å². The number of Topliss-reactive ketones (excluding diaryl/α,β-unsaturated/α-hetero) is 1. The van der Waals surface area contributed by atoms with Gasteiger partial charge in [0, 0.05) is 33.4 Å². The number of halogens is 2. The van der Waals surface area contributed by atoms with Crippen molar-refractivity contribution in [2.45, 2.75) is 26.1 Å². The molecular formula is C27H21Cl2NO6. The maximum atomic E-state index is 14.3. The number of aliphatic hydroxyl groups excluding tert-OH is 1. The second kappa shape index (κ2) is 8.34. The minimum absolute atomic E-state index is 0.00721. The Morgan fingerprint density at radius 3 is 2.47 bits per heavy atom. The molecule has 0 bridgehead atoms. The van der Waals surface area contributed by atoms with Crippen molar-refractivity contribution in [1.29, 1.82) is 0 Å². The number of allylic oxidation sites excluding steroid dienone is 2. The van der Waals surface area contributed by atoms with Crippen LogP contribution in [0.1, 0.15) is 35.3 Å². The molecule has 0 saturated heterocycles. The highest BCUT2D eigenvalue weighted by atomic mass is 35.5. The van der Waals surface area contributed by atoms with Crippen molar-refractivity contribution < 1.29 is 29.3 Å². The summed E-state index contributed by atoms with van der Waals surface area (Å²) in [5.41, 5.74) is -4.09. The number of nitrogens with zero attached hydrogens (tertiary/aromatic N) is 1. The van der Waals surface area contributed by atoms with E-state index < -0.39 is 34.4 Å². The predicted molar refractivity (Wildman–Crippen MR) is 133 cm³/mol. The Morgan fingerprint density at radius 1 is 1.11 bits per heavy atom. The molecule has 2 atom stereocenters. The molecule has 2 N–H and O–H groups in total. The van der Waals surface area contributed by atoms with Crippen molar-refractivity contribution in [3.8, 4) is 0 Å². The van der Waals surface area contributed by atoms with E-state index in [0.29, 0.717) is 15.6 Å². The number of aliphatic hydroxyl groups is 2. The summed E-state index contributed by atoms with van der Waals surface area (Å²) in [6, 6.07) is 11.1. The van der Waals surface area contributed by atoms with Gasteiger partial charge >= 0.3 is 5.97 Å². The highest BCUT2D eigenvalue weighted by Gasteiger charge is 2.73. The van der Waals surface area contributed by atoms with Gasteiger partial charge in [-0.25, -0.2) is 4.79 Å². The van der Waals surface area contributed by atoms with Crippen LogP contribution in [-0.2, 0) is 20.9 Å². The Morgan fingerprint density at radius 2 is 1.81 bits per heavy atom. The highest BCUT2D eigenvalue weighted by Crippen LogP contribution is 2.62. The number of benzene rings is 2. The van der Waals surface area contributed by atoms with E-state index in [-0.39, 0.29) is 41.1 Å². The van der Waals surface area contributed by atoms with Crippen LogP contribution >= 0.6 is 23.2 Å². The molecule has 1 aliphatic heterocycles. The second-order valence-corrected chi connectivity index (χ2v) is 9.62. The lowest BCUT2D eigenvalue weighted by Gasteiger charge is -2.49. The van der Waals surface area contributed by atoms with Crippen molar-refractivity contribution in [3.05, 3.63) is 98.2 Å². The molecule has 5 rings (SSSR count).